The molecule has 1 N–H and O–H groups in total. The Bertz CT molecular complexity index is 897. The van der Waals surface area contributed by atoms with Crippen molar-refractivity contribution in [1.82, 2.24) is 14.8 Å². The van der Waals surface area contributed by atoms with Crippen LogP contribution in [0.25, 0.3) is 11.4 Å². The van der Waals surface area contributed by atoms with Gasteiger partial charge in [-0.2, -0.15) is 0 Å². The Balaban J connectivity index is 1.54. The number of hydrogen-bond acceptors (Lipinski definition) is 4. The average Bonchev–Trinajstić information content (AvgIpc) is 2.99. The van der Waals surface area contributed by atoms with E-state index in [0.29, 0.717) is 22.9 Å². The maximum atomic E-state index is 12.9. The zero-order valence-corrected chi connectivity index (χ0v) is 15.5. The summed E-state index contributed by atoms with van der Waals surface area (Å²) in [5, 5.41) is 12.5. The van der Waals surface area contributed by atoms with Crippen molar-refractivity contribution < 1.29 is 9.18 Å². The van der Waals surface area contributed by atoms with E-state index in [0.717, 1.165) is 16.5 Å². The van der Waals surface area contributed by atoms with E-state index >= 15 is 0 Å². The van der Waals surface area contributed by atoms with E-state index in [1.54, 1.807) is 12.1 Å². The van der Waals surface area contributed by atoms with Gasteiger partial charge in [-0.1, -0.05) is 23.4 Å². The maximum absolute atomic E-state index is 12.9. The van der Waals surface area contributed by atoms with Gasteiger partial charge in [0.15, 0.2) is 11.0 Å². The summed E-state index contributed by atoms with van der Waals surface area (Å²) in [5.41, 5.74) is 1.50. The highest BCUT2D eigenvalue weighted by Gasteiger charge is 2.12. The van der Waals surface area contributed by atoms with E-state index in [1.165, 1.54) is 36.0 Å². The first-order valence-corrected chi connectivity index (χ1v) is 9.23. The van der Waals surface area contributed by atoms with E-state index in [4.69, 9.17) is 11.6 Å². The van der Waals surface area contributed by atoms with Crippen LogP contribution < -0.4 is 5.32 Å². The molecule has 26 heavy (non-hydrogen) atoms. The van der Waals surface area contributed by atoms with Crippen molar-refractivity contribution in [2.75, 3.05) is 11.1 Å². The van der Waals surface area contributed by atoms with Gasteiger partial charge in [0.1, 0.15) is 5.82 Å². The van der Waals surface area contributed by atoms with Crippen LogP contribution in [0.4, 0.5) is 10.1 Å². The van der Waals surface area contributed by atoms with Crippen molar-refractivity contribution in [1.29, 1.82) is 0 Å². The molecule has 5 nitrogen and oxygen atoms in total. The Hall–Kier alpha value is -2.38. The minimum Gasteiger partial charge on any atom is -0.326 e. The van der Waals surface area contributed by atoms with E-state index in [9.17, 15) is 9.18 Å². The van der Waals surface area contributed by atoms with Gasteiger partial charge in [-0.15, -0.1) is 10.2 Å². The summed E-state index contributed by atoms with van der Waals surface area (Å²) in [5.74, 6) is 0.820. The van der Waals surface area contributed by atoms with Crippen LogP contribution in [0, 0.1) is 5.82 Å². The van der Waals surface area contributed by atoms with Gasteiger partial charge >= 0.3 is 0 Å². The van der Waals surface area contributed by atoms with Gasteiger partial charge in [-0.3, -0.25) is 4.79 Å². The lowest BCUT2D eigenvalue weighted by Gasteiger charge is -2.06. The highest BCUT2D eigenvalue weighted by Crippen LogP contribution is 2.24. The van der Waals surface area contributed by atoms with Crippen LogP contribution in [0.15, 0.2) is 53.7 Å². The van der Waals surface area contributed by atoms with E-state index < -0.39 is 0 Å². The van der Waals surface area contributed by atoms with Gasteiger partial charge in [0.25, 0.3) is 0 Å². The van der Waals surface area contributed by atoms with Gasteiger partial charge in [0.2, 0.25) is 5.91 Å². The number of halogens is 2. The van der Waals surface area contributed by atoms with Crippen LogP contribution in [-0.4, -0.2) is 26.4 Å². The maximum Gasteiger partial charge on any atom is 0.225 e. The summed E-state index contributed by atoms with van der Waals surface area (Å²) in [6, 6.07) is 13.1. The number of hydrogen-bond donors (Lipinski definition) is 1. The fraction of sp³-hybridized carbons (Fsp3) is 0.167. The average molecular weight is 391 g/mol. The van der Waals surface area contributed by atoms with Crippen LogP contribution >= 0.6 is 23.4 Å². The summed E-state index contributed by atoms with van der Waals surface area (Å²) >= 11 is 7.35. The Morgan fingerprint density at radius 2 is 1.85 bits per heavy atom. The number of nitrogens with one attached hydrogen (secondary N) is 1. The number of aromatic nitrogens is 3. The highest BCUT2D eigenvalue weighted by atomic mass is 35.5. The Labute approximate surface area is 159 Å². The molecular weight excluding hydrogens is 375 g/mol. The molecule has 0 atom stereocenters. The van der Waals surface area contributed by atoms with Crippen molar-refractivity contribution in [3.63, 3.8) is 0 Å². The first kappa shape index (κ1) is 18.4. The van der Waals surface area contributed by atoms with Crippen molar-refractivity contribution in [3.05, 3.63) is 59.4 Å². The van der Waals surface area contributed by atoms with Crippen molar-refractivity contribution in [2.24, 2.45) is 7.05 Å². The first-order chi connectivity index (χ1) is 12.5. The monoisotopic (exact) mass is 390 g/mol. The molecule has 0 aliphatic rings. The molecule has 8 heteroatoms. The van der Waals surface area contributed by atoms with Gasteiger partial charge in [0, 0.05) is 35.5 Å². The van der Waals surface area contributed by atoms with Crippen molar-refractivity contribution in [3.8, 4) is 11.4 Å². The molecule has 1 aromatic heterocycles. The molecule has 0 aliphatic carbocycles. The lowest BCUT2D eigenvalue weighted by Crippen LogP contribution is -2.12. The summed E-state index contributed by atoms with van der Waals surface area (Å²) in [6.45, 7) is 0. The van der Waals surface area contributed by atoms with Crippen molar-refractivity contribution >= 4 is 35.0 Å². The molecule has 0 aliphatic heterocycles. The second-order valence-corrected chi connectivity index (χ2v) is 7.02. The fourth-order valence-electron chi connectivity index (χ4n) is 2.28. The van der Waals surface area contributed by atoms with E-state index in [1.807, 2.05) is 23.7 Å². The third kappa shape index (κ3) is 4.62. The zero-order valence-electron chi connectivity index (χ0n) is 13.9. The molecule has 0 spiro atoms. The van der Waals surface area contributed by atoms with Crippen molar-refractivity contribution in [2.45, 2.75) is 11.6 Å². The molecule has 0 bridgehead atoms. The molecule has 0 saturated carbocycles. The van der Waals surface area contributed by atoms with E-state index in [-0.39, 0.29) is 11.7 Å². The van der Waals surface area contributed by atoms with Gasteiger partial charge < -0.3 is 9.88 Å². The lowest BCUT2D eigenvalue weighted by atomic mass is 10.2. The Kier molecular flexibility index (Phi) is 5.90. The third-order valence-corrected chi connectivity index (χ3v) is 4.90. The summed E-state index contributed by atoms with van der Waals surface area (Å²) in [6.07, 6.45) is 0.311. The minimum atomic E-state index is -0.336. The number of amides is 1. The normalized spacial score (nSPS) is 10.7. The zero-order chi connectivity index (χ0) is 18.5. The number of nitrogens with zero attached hydrogens (tertiary/aromatic N) is 3. The van der Waals surface area contributed by atoms with Crippen LogP contribution in [0.2, 0.25) is 5.02 Å². The molecule has 0 fully saturated rings. The molecule has 134 valence electrons. The van der Waals surface area contributed by atoms with Gasteiger partial charge in [-0.05, 0) is 48.5 Å². The van der Waals surface area contributed by atoms with Crippen LogP contribution in [0.1, 0.15) is 6.42 Å². The van der Waals surface area contributed by atoms with Crippen LogP contribution in [-0.2, 0) is 11.8 Å². The number of benzene rings is 2. The Morgan fingerprint density at radius 1 is 1.15 bits per heavy atom. The molecule has 0 radical (unpaired) electrons. The predicted octanol–water partition coefficient (Wildman–Crippen LogP) is 4.40. The summed E-state index contributed by atoms with van der Waals surface area (Å²) < 4.78 is 14.7. The lowest BCUT2D eigenvalue weighted by molar-refractivity contribution is -0.115. The molecule has 3 rings (SSSR count). The Morgan fingerprint density at radius 3 is 2.54 bits per heavy atom. The second-order valence-electron chi connectivity index (χ2n) is 5.53. The molecular formula is C18H16ClFN4OS. The molecule has 3 aromatic rings. The molecule has 1 amide bonds. The number of carbonyl (C=O) groups excluding carboxylic acids is 1. The first-order valence-electron chi connectivity index (χ1n) is 7.86. The molecule has 2 aromatic carbocycles. The number of anilines is 1. The predicted molar refractivity (Wildman–Crippen MR) is 102 cm³/mol. The van der Waals surface area contributed by atoms with Crippen LogP contribution in [0.3, 0.4) is 0 Å². The molecule has 0 saturated heterocycles. The minimum absolute atomic E-state index is 0.135. The number of thioether (sulfide) groups is 1. The summed E-state index contributed by atoms with van der Waals surface area (Å²) in [7, 11) is 1.88. The highest BCUT2D eigenvalue weighted by molar-refractivity contribution is 7.99. The largest absolute Gasteiger partial charge is 0.326 e. The number of carbonyl (C=O) groups is 1. The fourth-order valence-corrected chi connectivity index (χ4v) is 3.26. The number of rotatable bonds is 6. The van der Waals surface area contributed by atoms with Gasteiger partial charge in [0.05, 0.1) is 0 Å². The molecule has 1 heterocycles. The molecule has 0 unspecified atom stereocenters. The second kappa shape index (κ2) is 8.33. The smallest absolute Gasteiger partial charge is 0.225 e. The summed E-state index contributed by atoms with van der Waals surface area (Å²) in [4.78, 5) is 12.0. The standard InChI is InChI=1S/C18H16ClFN4OS/c1-24-17(12-2-4-13(19)5-3-12)22-23-18(24)26-11-10-16(25)21-15-8-6-14(20)7-9-15/h2-9H,10-11H2,1H3,(H,21,25). The third-order valence-electron chi connectivity index (χ3n) is 3.63. The topological polar surface area (TPSA) is 59.8 Å². The van der Waals surface area contributed by atoms with Crippen LogP contribution in [0.5, 0.6) is 0 Å². The van der Waals surface area contributed by atoms with Gasteiger partial charge in [-0.25, -0.2) is 4.39 Å². The van der Waals surface area contributed by atoms with E-state index in [2.05, 4.69) is 15.5 Å². The SMILES string of the molecule is Cn1c(SCCC(=O)Nc2ccc(F)cc2)nnc1-c1ccc(Cl)cc1. The quantitative estimate of drug-likeness (QED) is 0.634.